The second kappa shape index (κ2) is 8.34. The van der Waals surface area contributed by atoms with E-state index in [2.05, 4.69) is 24.1 Å². The van der Waals surface area contributed by atoms with Crippen molar-refractivity contribution in [3.63, 3.8) is 0 Å². The summed E-state index contributed by atoms with van der Waals surface area (Å²) in [5.74, 6) is -0.139. The summed E-state index contributed by atoms with van der Waals surface area (Å²) in [6, 6.07) is -0.609. The maximum atomic E-state index is 12.1. The van der Waals surface area contributed by atoms with Gasteiger partial charge in [-0.15, -0.1) is 0 Å². The molecule has 1 aliphatic rings. The first-order valence-electron chi connectivity index (χ1n) is 7.81. The predicted molar refractivity (Wildman–Crippen MR) is 82.2 cm³/mol. The van der Waals surface area contributed by atoms with E-state index in [-0.39, 0.29) is 11.9 Å². The van der Waals surface area contributed by atoms with E-state index in [0.717, 1.165) is 26.1 Å². The highest BCUT2D eigenvalue weighted by Gasteiger charge is 2.29. The lowest BCUT2D eigenvalue weighted by molar-refractivity contribution is -0.144. The number of carboxylic acids is 1. The van der Waals surface area contributed by atoms with Crippen LogP contribution in [0.4, 0.5) is 0 Å². The van der Waals surface area contributed by atoms with Crippen LogP contribution in [0.3, 0.4) is 0 Å². The van der Waals surface area contributed by atoms with Crippen LogP contribution in [-0.2, 0) is 9.59 Å². The average Bonchev–Trinajstić information content (AvgIpc) is 2.45. The van der Waals surface area contributed by atoms with E-state index < -0.39 is 12.0 Å². The number of aliphatic carboxylic acids is 1. The molecule has 2 atom stereocenters. The van der Waals surface area contributed by atoms with E-state index in [1.165, 1.54) is 0 Å². The topological polar surface area (TPSA) is 72.9 Å². The lowest BCUT2D eigenvalue weighted by atomic mass is 10.1. The summed E-state index contributed by atoms with van der Waals surface area (Å²) in [5.41, 5.74) is 0. The molecule has 1 fully saturated rings. The molecule has 1 aliphatic heterocycles. The van der Waals surface area contributed by atoms with Crippen LogP contribution in [0, 0.1) is 5.92 Å². The Morgan fingerprint density at radius 3 is 1.90 bits per heavy atom. The number of carbonyl (C=O) groups excluding carboxylic acids is 1. The first kappa shape index (κ1) is 17.9. The number of piperazine rings is 1. The molecule has 21 heavy (non-hydrogen) atoms. The van der Waals surface area contributed by atoms with Gasteiger partial charge in [-0.05, 0) is 26.2 Å². The molecule has 1 rings (SSSR count). The molecule has 0 aromatic carbocycles. The number of carbonyl (C=O) groups is 2. The average molecular weight is 299 g/mol. The van der Waals surface area contributed by atoms with Crippen molar-refractivity contribution in [1.29, 1.82) is 0 Å². The van der Waals surface area contributed by atoms with Gasteiger partial charge in [-0.1, -0.05) is 13.8 Å². The fourth-order valence-electron chi connectivity index (χ4n) is 2.47. The highest BCUT2D eigenvalue weighted by Crippen LogP contribution is 2.10. The Bertz CT molecular complexity index is 352. The van der Waals surface area contributed by atoms with Crippen LogP contribution < -0.4 is 5.32 Å². The second-order valence-corrected chi connectivity index (χ2v) is 6.24. The smallest absolute Gasteiger partial charge is 0.320 e. The minimum absolute atomic E-state index is 0.0652. The van der Waals surface area contributed by atoms with Gasteiger partial charge < -0.3 is 10.4 Å². The molecule has 0 bridgehead atoms. The zero-order chi connectivity index (χ0) is 16.0. The fraction of sp³-hybridized carbons (Fsp3) is 0.867. The first-order valence-corrected chi connectivity index (χ1v) is 7.81. The molecule has 0 spiro atoms. The highest BCUT2D eigenvalue weighted by molar-refractivity contribution is 5.81. The summed E-state index contributed by atoms with van der Waals surface area (Å²) < 4.78 is 0. The first-order chi connectivity index (χ1) is 9.82. The van der Waals surface area contributed by atoms with Gasteiger partial charge in [-0.25, -0.2) is 0 Å². The number of carboxylic acid groups (broad SMARTS) is 1. The van der Waals surface area contributed by atoms with Crippen molar-refractivity contribution in [2.75, 3.05) is 32.7 Å². The van der Waals surface area contributed by atoms with Gasteiger partial charge in [0.2, 0.25) is 5.91 Å². The minimum Gasteiger partial charge on any atom is -0.480 e. The lowest BCUT2D eigenvalue weighted by Crippen LogP contribution is -2.56. The van der Waals surface area contributed by atoms with E-state index in [1.54, 1.807) is 6.92 Å². The molecule has 0 aliphatic carbocycles. The number of amides is 1. The zero-order valence-corrected chi connectivity index (χ0v) is 13.6. The molecule has 1 saturated heterocycles. The van der Waals surface area contributed by atoms with Crippen molar-refractivity contribution in [2.45, 2.75) is 46.2 Å². The standard InChI is InChI=1S/C15H29N3O3/c1-11(2)5-6-16-14(19)12(3)17-7-9-18(10-8-17)13(4)15(20)21/h11-13H,5-10H2,1-4H3,(H,16,19)(H,20,21). The third-order valence-corrected chi connectivity index (χ3v) is 4.20. The van der Waals surface area contributed by atoms with E-state index in [1.807, 2.05) is 11.8 Å². The van der Waals surface area contributed by atoms with Crippen LogP contribution >= 0.6 is 0 Å². The predicted octanol–water partition coefficient (Wildman–Crippen LogP) is 0.628. The summed E-state index contributed by atoms with van der Waals surface area (Å²) in [4.78, 5) is 27.1. The van der Waals surface area contributed by atoms with Crippen LogP contribution in [0.5, 0.6) is 0 Å². The Balaban J connectivity index is 2.35. The van der Waals surface area contributed by atoms with Crippen LogP contribution in [0.2, 0.25) is 0 Å². The molecule has 1 heterocycles. The second-order valence-electron chi connectivity index (χ2n) is 6.24. The Kier molecular flexibility index (Phi) is 7.11. The Labute approximate surface area is 127 Å². The maximum Gasteiger partial charge on any atom is 0.320 e. The molecular weight excluding hydrogens is 270 g/mol. The molecular formula is C15H29N3O3. The van der Waals surface area contributed by atoms with Crippen molar-refractivity contribution >= 4 is 11.9 Å². The summed E-state index contributed by atoms with van der Waals surface area (Å²) in [6.07, 6.45) is 0.988. The molecule has 0 saturated carbocycles. The van der Waals surface area contributed by atoms with Crippen molar-refractivity contribution in [1.82, 2.24) is 15.1 Å². The van der Waals surface area contributed by atoms with E-state index >= 15 is 0 Å². The Hall–Kier alpha value is -1.14. The van der Waals surface area contributed by atoms with Crippen LogP contribution in [0.25, 0.3) is 0 Å². The quantitative estimate of drug-likeness (QED) is 0.721. The number of rotatable bonds is 7. The summed E-state index contributed by atoms with van der Waals surface area (Å²) in [6.45, 7) is 11.5. The van der Waals surface area contributed by atoms with Gasteiger partial charge in [0.05, 0.1) is 6.04 Å². The van der Waals surface area contributed by atoms with Crippen molar-refractivity contribution in [3.05, 3.63) is 0 Å². The van der Waals surface area contributed by atoms with Gasteiger partial charge in [0.1, 0.15) is 6.04 Å². The SMILES string of the molecule is CC(C)CCNC(=O)C(C)N1CCN(C(C)C(=O)O)CC1. The third-order valence-electron chi connectivity index (χ3n) is 4.20. The molecule has 6 heteroatoms. The van der Waals surface area contributed by atoms with Gasteiger partial charge >= 0.3 is 5.97 Å². The van der Waals surface area contributed by atoms with Crippen molar-refractivity contribution in [2.24, 2.45) is 5.92 Å². The molecule has 6 nitrogen and oxygen atoms in total. The van der Waals surface area contributed by atoms with Gasteiger partial charge in [0, 0.05) is 32.7 Å². The van der Waals surface area contributed by atoms with Gasteiger partial charge in [-0.3, -0.25) is 19.4 Å². The number of nitrogens with one attached hydrogen (secondary N) is 1. The molecule has 0 radical (unpaired) electrons. The lowest BCUT2D eigenvalue weighted by Gasteiger charge is -2.38. The van der Waals surface area contributed by atoms with Gasteiger partial charge in [-0.2, -0.15) is 0 Å². The maximum absolute atomic E-state index is 12.1. The number of hydrogen-bond donors (Lipinski definition) is 2. The molecule has 0 aromatic rings. The van der Waals surface area contributed by atoms with Crippen molar-refractivity contribution in [3.8, 4) is 0 Å². The fourth-order valence-corrected chi connectivity index (χ4v) is 2.47. The molecule has 0 aromatic heterocycles. The molecule has 122 valence electrons. The summed E-state index contributed by atoms with van der Waals surface area (Å²) >= 11 is 0. The monoisotopic (exact) mass is 299 g/mol. The largest absolute Gasteiger partial charge is 0.480 e. The highest BCUT2D eigenvalue weighted by atomic mass is 16.4. The zero-order valence-electron chi connectivity index (χ0n) is 13.6. The van der Waals surface area contributed by atoms with E-state index in [0.29, 0.717) is 19.0 Å². The van der Waals surface area contributed by atoms with Gasteiger partial charge in [0.25, 0.3) is 0 Å². The molecule has 1 amide bonds. The summed E-state index contributed by atoms with van der Waals surface area (Å²) in [7, 11) is 0. The summed E-state index contributed by atoms with van der Waals surface area (Å²) in [5, 5.41) is 12.0. The van der Waals surface area contributed by atoms with E-state index in [9.17, 15) is 9.59 Å². The molecule has 2 N–H and O–H groups in total. The van der Waals surface area contributed by atoms with Crippen LogP contribution in [-0.4, -0.2) is 71.6 Å². The third kappa shape index (κ3) is 5.63. The van der Waals surface area contributed by atoms with Crippen LogP contribution in [0.1, 0.15) is 34.1 Å². The van der Waals surface area contributed by atoms with Crippen LogP contribution in [0.15, 0.2) is 0 Å². The van der Waals surface area contributed by atoms with Crippen molar-refractivity contribution < 1.29 is 14.7 Å². The number of nitrogens with zero attached hydrogens (tertiary/aromatic N) is 2. The normalized spacial score (nSPS) is 20.2. The Morgan fingerprint density at radius 2 is 1.48 bits per heavy atom. The van der Waals surface area contributed by atoms with Gasteiger partial charge in [0.15, 0.2) is 0 Å². The number of hydrogen-bond acceptors (Lipinski definition) is 4. The molecule has 2 unspecified atom stereocenters. The minimum atomic E-state index is -0.789. The van der Waals surface area contributed by atoms with E-state index in [4.69, 9.17) is 5.11 Å². The Morgan fingerprint density at radius 1 is 1.00 bits per heavy atom.